The van der Waals surface area contributed by atoms with Crippen molar-refractivity contribution < 1.29 is 28.2 Å². The normalized spacial score (nSPS) is 11.1. The molecule has 0 unspecified atom stereocenters. The Bertz CT molecular complexity index is 1900. The maximum absolute atomic E-state index is 13.9. The van der Waals surface area contributed by atoms with E-state index in [2.05, 4.69) is 16.4 Å². The SMILES string of the molecule is COc1ccc(-c2oc3cc(OC)cc(C(=O)NCCc4c[nH]c5ccccc45)c3c2-c2cc(OC)cc(OC)c2)cc1. The predicted molar refractivity (Wildman–Crippen MR) is 168 cm³/mol. The van der Waals surface area contributed by atoms with Crippen LogP contribution in [0.5, 0.6) is 23.0 Å². The molecule has 0 spiro atoms. The Labute approximate surface area is 249 Å². The van der Waals surface area contributed by atoms with Crippen molar-refractivity contribution in [1.29, 1.82) is 0 Å². The summed E-state index contributed by atoms with van der Waals surface area (Å²) in [7, 11) is 6.41. The molecule has 8 heteroatoms. The Morgan fingerprint density at radius 1 is 0.767 bits per heavy atom. The zero-order chi connectivity index (χ0) is 29.9. The lowest BCUT2D eigenvalue weighted by atomic mass is 9.95. The molecule has 2 N–H and O–H groups in total. The zero-order valence-electron chi connectivity index (χ0n) is 24.4. The number of carbonyl (C=O) groups excluding carboxylic acids is 1. The van der Waals surface area contributed by atoms with E-state index in [1.165, 1.54) is 0 Å². The van der Waals surface area contributed by atoms with E-state index in [0.29, 0.717) is 52.5 Å². The second kappa shape index (κ2) is 11.9. The van der Waals surface area contributed by atoms with E-state index >= 15 is 0 Å². The summed E-state index contributed by atoms with van der Waals surface area (Å²) in [6.07, 6.45) is 2.66. The summed E-state index contributed by atoms with van der Waals surface area (Å²) < 4.78 is 28.7. The van der Waals surface area contributed by atoms with Crippen LogP contribution in [0.4, 0.5) is 0 Å². The van der Waals surface area contributed by atoms with Gasteiger partial charge in [0.25, 0.3) is 5.91 Å². The van der Waals surface area contributed by atoms with Crippen LogP contribution >= 0.6 is 0 Å². The molecule has 4 aromatic carbocycles. The molecule has 43 heavy (non-hydrogen) atoms. The van der Waals surface area contributed by atoms with Crippen molar-refractivity contribution in [1.82, 2.24) is 10.3 Å². The van der Waals surface area contributed by atoms with Gasteiger partial charge in [0.05, 0.1) is 34.0 Å². The van der Waals surface area contributed by atoms with Crippen molar-refractivity contribution in [3.05, 3.63) is 96.2 Å². The second-order valence-electron chi connectivity index (χ2n) is 10.0. The maximum Gasteiger partial charge on any atom is 0.252 e. The number of nitrogens with one attached hydrogen (secondary N) is 2. The first-order valence-corrected chi connectivity index (χ1v) is 13.9. The minimum absolute atomic E-state index is 0.234. The highest BCUT2D eigenvalue weighted by Gasteiger charge is 2.25. The molecule has 1 amide bonds. The second-order valence-corrected chi connectivity index (χ2v) is 10.0. The fraction of sp³-hybridized carbons (Fsp3) is 0.171. The zero-order valence-corrected chi connectivity index (χ0v) is 24.4. The highest BCUT2D eigenvalue weighted by atomic mass is 16.5. The predicted octanol–water partition coefficient (Wildman–Crippen LogP) is 7.26. The van der Waals surface area contributed by atoms with Crippen LogP contribution < -0.4 is 24.3 Å². The van der Waals surface area contributed by atoms with E-state index in [1.54, 1.807) is 46.6 Å². The van der Waals surface area contributed by atoms with Gasteiger partial charge in [0.15, 0.2) is 0 Å². The van der Waals surface area contributed by atoms with Crippen LogP contribution in [-0.2, 0) is 6.42 Å². The molecule has 0 radical (unpaired) electrons. The summed E-state index contributed by atoms with van der Waals surface area (Å²) in [5, 5.41) is 4.92. The Morgan fingerprint density at radius 3 is 2.14 bits per heavy atom. The van der Waals surface area contributed by atoms with Crippen LogP contribution in [0.3, 0.4) is 0 Å². The van der Waals surface area contributed by atoms with Crippen molar-refractivity contribution in [2.24, 2.45) is 0 Å². The van der Waals surface area contributed by atoms with Gasteiger partial charge in [-0.2, -0.15) is 0 Å². The van der Waals surface area contributed by atoms with Crippen LogP contribution in [0.1, 0.15) is 15.9 Å². The van der Waals surface area contributed by atoms with Crippen LogP contribution in [0.15, 0.2) is 89.5 Å². The van der Waals surface area contributed by atoms with Crippen LogP contribution in [0, 0.1) is 0 Å². The molecule has 0 bridgehead atoms. The number of hydrogen-bond donors (Lipinski definition) is 2. The van der Waals surface area contributed by atoms with E-state index in [-0.39, 0.29) is 5.91 Å². The molecule has 218 valence electrons. The first-order chi connectivity index (χ1) is 21.0. The fourth-order valence-corrected chi connectivity index (χ4v) is 5.42. The number of para-hydroxylation sites is 1. The van der Waals surface area contributed by atoms with Crippen LogP contribution in [0.25, 0.3) is 44.3 Å². The van der Waals surface area contributed by atoms with E-state index in [1.807, 2.05) is 60.8 Å². The highest BCUT2D eigenvalue weighted by Crippen LogP contribution is 2.45. The number of furan rings is 1. The number of carbonyl (C=O) groups is 1. The highest BCUT2D eigenvalue weighted by molar-refractivity contribution is 6.14. The minimum atomic E-state index is -0.234. The molecule has 2 aromatic heterocycles. The Morgan fingerprint density at radius 2 is 1.44 bits per heavy atom. The molecule has 8 nitrogen and oxygen atoms in total. The first-order valence-electron chi connectivity index (χ1n) is 13.9. The number of aromatic nitrogens is 1. The number of fused-ring (bicyclic) bond motifs is 2. The van der Waals surface area contributed by atoms with Crippen molar-refractivity contribution in [2.45, 2.75) is 6.42 Å². The van der Waals surface area contributed by atoms with Gasteiger partial charge < -0.3 is 33.7 Å². The summed E-state index contributed by atoms with van der Waals surface area (Å²) in [5.41, 5.74) is 5.50. The third-order valence-electron chi connectivity index (χ3n) is 7.59. The molecule has 0 aliphatic rings. The molecule has 0 aliphatic heterocycles. The van der Waals surface area contributed by atoms with E-state index in [4.69, 9.17) is 23.4 Å². The lowest BCUT2D eigenvalue weighted by molar-refractivity contribution is 0.0955. The molecule has 0 fully saturated rings. The number of methoxy groups -OCH3 is 4. The van der Waals surface area contributed by atoms with Crippen molar-refractivity contribution in [2.75, 3.05) is 35.0 Å². The molecule has 2 heterocycles. The van der Waals surface area contributed by atoms with E-state index < -0.39 is 0 Å². The standard InChI is InChI=1S/C35H32N2O6/c1-39-24-11-9-21(10-12-24)34-32(23-15-25(40-2)17-26(16-23)41-3)33-29(18-27(42-4)19-31(33)43-34)35(38)36-14-13-22-20-37-30-8-6-5-7-28(22)30/h5-12,15-20,37H,13-14H2,1-4H3,(H,36,38). The first kappa shape index (κ1) is 27.8. The molecule has 0 aliphatic carbocycles. The Hall–Kier alpha value is -5.37. The topological polar surface area (TPSA) is 95.0 Å². The van der Waals surface area contributed by atoms with Gasteiger partial charge >= 0.3 is 0 Å². The van der Waals surface area contributed by atoms with Gasteiger partial charge in [-0.15, -0.1) is 0 Å². The third kappa shape index (κ3) is 5.35. The van der Waals surface area contributed by atoms with Crippen molar-refractivity contribution in [3.8, 4) is 45.4 Å². The van der Waals surface area contributed by atoms with E-state index in [0.717, 1.165) is 38.9 Å². The number of rotatable bonds is 10. The van der Waals surface area contributed by atoms with Gasteiger partial charge in [0.2, 0.25) is 0 Å². The monoisotopic (exact) mass is 576 g/mol. The van der Waals surface area contributed by atoms with Gasteiger partial charge in [-0.1, -0.05) is 18.2 Å². The fourth-order valence-electron chi connectivity index (χ4n) is 5.42. The number of aromatic amines is 1. The lowest BCUT2D eigenvalue weighted by Crippen LogP contribution is -2.26. The molecule has 0 atom stereocenters. The van der Waals surface area contributed by atoms with Crippen molar-refractivity contribution >= 4 is 27.8 Å². The molecular formula is C35H32N2O6. The molecule has 0 saturated carbocycles. The van der Waals surface area contributed by atoms with Crippen LogP contribution in [0.2, 0.25) is 0 Å². The Kier molecular flexibility index (Phi) is 7.66. The van der Waals surface area contributed by atoms with Gasteiger partial charge in [-0.05, 0) is 66.1 Å². The van der Waals surface area contributed by atoms with Gasteiger partial charge in [-0.25, -0.2) is 0 Å². The average molecular weight is 577 g/mol. The summed E-state index contributed by atoms with van der Waals surface area (Å²) in [6, 6.07) is 24.9. The third-order valence-corrected chi connectivity index (χ3v) is 7.59. The summed E-state index contributed by atoms with van der Waals surface area (Å²) >= 11 is 0. The van der Waals surface area contributed by atoms with Gasteiger partial charge in [0.1, 0.15) is 34.3 Å². The molecule has 0 saturated heterocycles. The molecule has 6 rings (SSSR count). The van der Waals surface area contributed by atoms with Crippen molar-refractivity contribution in [3.63, 3.8) is 0 Å². The lowest BCUT2D eigenvalue weighted by Gasteiger charge is -2.12. The number of benzene rings is 4. The Balaban J connectivity index is 1.47. The maximum atomic E-state index is 13.9. The number of amides is 1. The van der Waals surface area contributed by atoms with Gasteiger partial charge in [0, 0.05) is 52.3 Å². The van der Waals surface area contributed by atoms with E-state index in [9.17, 15) is 4.79 Å². The number of H-pyrrole nitrogens is 1. The number of ether oxygens (including phenoxy) is 4. The molecule has 6 aromatic rings. The summed E-state index contributed by atoms with van der Waals surface area (Å²) in [6.45, 7) is 0.449. The smallest absolute Gasteiger partial charge is 0.252 e. The summed E-state index contributed by atoms with van der Waals surface area (Å²) in [5.74, 6) is 2.82. The quantitative estimate of drug-likeness (QED) is 0.178. The molecular weight excluding hydrogens is 544 g/mol. The summed E-state index contributed by atoms with van der Waals surface area (Å²) in [4.78, 5) is 17.2. The largest absolute Gasteiger partial charge is 0.497 e. The van der Waals surface area contributed by atoms with Gasteiger partial charge in [-0.3, -0.25) is 4.79 Å². The van der Waals surface area contributed by atoms with Crippen LogP contribution in [-0.4, -0.2) is 45.9 Å². The average Bonchev–Trinajstić information content (AvgIpc) is 3.65. The minimum Gasteiger partial charge on any atom is -0.497 e. The number of hydrogen-bond acceptors (Lipinski definition) is 6.